The lowest BCUT2D eigenvalue weighted by Crippen LogP contribution is -2.44. The molecule has 0 aromatic carbocycles. The quantitative estimate of drug-likeness (QED) is 0.608. The summed E-state index contributed by atoms with van der Waals surface area (Å²) in [6.07, 6.45) is 1.22. The van der Waals surface area contributed by atoms with Crippen LogP contribution in [-0.2, 0) is 29.3 Å². The van der Waals surface area contributed by atoms with Gasteiger partial charge in [-0.25, -0.2) is 16.8 Å². The lowest BCUT2D eigenvalue weighted by molar-refractivity contribution is -0.120. The highest BCUT2D eigenvalue weighted by molar-refractivity contribution is 7.95. The van der Waals surface area contributed by atoms with Crippen molar-refractivity contribution in [3.05, 3.63) is 23.5 Å². The lowest BCUT2D eigenvalue weighted by Gasteiger charge is -2.13. The topological polar surface area (TPSA) is 126 Å². The normalized spacial score (nSPS) is 21.6. The molecule has 0 fully saturated rings. The molecule has 1 aliphatic rings. The minimum atomic E-state index is -3.66. The Labute approximate surface area is 116 Å². The molecule has 10 heteroatoms. The van der Waals surface area contributed by atoms with Gasteiger partial charge in [0.05, 0.1) is 6.04 Å². The number of amides is 2. The second-order valence-corrected chi connectivity index (χ2v) is 7.92. The van der Waals surface area contributed by atoms with Gasteiger partial charge in [0.15, 0.2) is 19.7 Å². The SMILES string of the molecule is C=CS(=O)(=O)CC(=O)NCC1C=CS(=O)(=O)CC(=O)N1. The Hall–Kier alpha value is -1.68. The number of sulfone groups is 2. The molecule has 1 heterocycles. The highest BCUT2D eigenvalue weighted by Gasteiger charge is 2.21. The molecule has 1 aliphatic heterocycles. The third-order valence-electron chi connectivity index (χ3n) is 2.30. The van der Waals surface area contributed by atoms with Crippen LogP contribution in [0.15, 0.2) is 23.5 Å². The van der Waals surface area contributed by atoms with Crippen LogP contribution in [0.4, 0.5) is 0 Å². The summed E-state index contributed by atoms with van der Waals surface area (Å²) in [7, 11) is -7.24. The zero-order valence-electron chi connectivity index (χ0n) is 10.4. The predicted molar refractivity (Wildman–Crippen MR) is 71.9 cm³/mol. The van der Waals surface area contributed by atoms with E-state index in [1.807, 2.05) is 0 Å². The Morgan fingerprint density at radius 2 is 2.20 bits per heavy atom. The molecular weight excluding hydrogens is 308 g/mol. The van der Waals surface area contributed by atoms with Gasteiger partial charge < -0.3 is 10.6 Å². The summed E-state index contributed by atoms with van der Waals surface area (Å²) in [6, 6.07) is -0.713. The monoisotopic (exact) mass is 322 g/mol. The average molecular weight is 322 g/mol. The van der Waals surface area contributed by atoms with E-state index in [2.05, 4.69) is 17.2 Å². The van der Waals surface area contributed by atoms with E-state index in [4.69, 9.17) is 0 Å². The van der Waals surface area contributed by atoms with E-state index in [9.17, 15) is 26.4 Å². The number of rotatable bonds is 5. The van der Waals surface area contributed by atoms with Crippen LogP contribution in [0, 0.1) is 0 Å². The van der Waals surface area contributed by atoms with E-state index >= 15 is 0 Å². The number of hydrogen-bond donors (Lipinski definition) is 2. The zero-order chi connectivity index (χ0) is 15.4. The van der Waals surface area contributed by atoms with Crippen LogP contribution in [0.2, 0.25) is 0 Å². The molecule has 2 amide bonds. The third-order valence-corrected chi connectivity index (χ3v) is 4.71. The van der Waals surface area contributed by atoms with Crippen LogP contribution in [0.3, 0.4) is 0 Å². The first-order valence-corrected chi connectivity index (χ1v) is 8.89. The Morgan fingerprint density at radius 1 is 1.55 bits per heavy atom. The molecule has 0 aromatic rings. The minimum absolute atomic E-state index is 0.108. The van der Waals surface area contributed by atoms with Crippen molar-refractivity contribution in [2.75, 3.05) is 18.1 Å². The van der Waals surface area contributed by atoms with Gasteiger partial charge in [0.1, 0.15) is 11.5 Å². The van der Waals surface area contributed by atoms with Gasteiger partial charge in [-0.1, -0.05) is 6.58 Å². The van der Waals surface area contributed by atoms with E-state index in [1.165, 1.54) is 6.08 Å². The van der Waals surface area contributed by atoms with Gasteiger partial charge >= 0.3 is 0 Å². The molecule has 0 saturated heterocycles. The summed E-state index contributed by atoms with van der Waals surface area (Å²) < 4.78 is 44.8. The molecule has 1 rings (SSSR count). The van der Waals surface area contributed by atoms with Crippen LogP contribution in [-0.4, -0.2) is 52.7 Å². The second-order valence-electron chi connectivity index (χ2n) is 4.09. The van der Waals surface area contributed by atoms with E-state index in [-0.39, 0.29) is 6.54 Å². The first-order chi connectivity index (χ1) is 9.13. The molecule has 112 valence electrons. The third kappa shape index (κ3) is 5.53. The molecule has 0 aliphatic carbocycles. The number of carbonyl (C=O) groups is 2. The van der Waals surface area contributed by atoms with Crippen molar-refractivity contribution < 1.29 is 26.4 Å². The van der Waals surface area contributed by atoms with Crippen molar-refractivity contribution in [2.24, 2.45) is 0 Å². The number of carbonyl (C=O) groups excluding carboxylic acids is 2. The molecule has 0 saturated carbocycles. The Balaban J connectivity index is 2.60. The van der Waals surface area contributed by atoms with E-state index < -0.39 is 49.0 Å². The van der Waals surface area contributed by atoms with Crippen LogP contribution < -0.4 is 10.6 Å². The van der Waals surface area contributed by atoms with Gasteiger partial charge in [0.25, 0.3) is 0 Å². The Bertz CT molecular complexity index is 647. The van der Waals surface area contributed by atoms with Crippen LogP contribution in [0.25, 0.3) is 0 Å². The van der Waals surface area contributed by atoms with Crippen molar-refractivity contribution in [2.45, 2.75) is 6.04 Å². The van der Waals surface area contributed by atoms with Crippen LogP contribution in [0.5, 0.6) is 0 Å². The second kappa shape index (κ2) is 6.18. The summed E-state index contributed by atoms with van der Waals surface area (Å²) in [4.78, 5) is 22.6. The molecule has 2 N–H and O–H groups in total. The van der Waals surface area contributed by atoms with Gasteiger partial charge in [-0.3, -0.25) is 9.59 Å². The van der Waals surface area contributed by atoms with Gasteiger partial charge in [0.2, 0.25) is 11.8 Å². The summed E-state index contributed by atoms with van der Waals surface area (Å²) in [5.41, 5.74) is 0. The first-order valence-electron chi connectivity index (χ1n) is 5.46. The molecule has 8 nitrogen and oxygen atoms in total. The highest BCUT2D eigenvalue weighted by Crippen LogP contribution is 2.01. The van der Waals surface area contributed by atoms with Crippen molar-refractivity contribution in [3.63, 3.8) is 0 Å². The molecule has 0 aromatic heterocycles. The van der Waals surface area contributed by atoms with Gasteiger partial charge in [-0.2, -0.15) is 0 Å². The van der Waals surface area contributed by atoms with Crippen molar-refractivity contribution in [1.82, 2.24) is 10.6 Å². The van der Waals surface area contributed by atoms with Gasteiger partial charge in [-0.15, -0.1) is 0 Å². The molecule has 20 heavy (non-hydrogen) atoms. The van der Waals surface area contributed by atoms with Gasteiger partial charge in [-0.05, 0) is 6.08 Å². The van der Waals surface area contributed by atoms with Crippen LogP contribution in [0.1, 0.15) is 0 Å². The fourth-order valence-electron chi connectivity index (χ4n) is 1.38. The van der Waals surface area contributed by atoms with Crippen molar-refractivity contribution >= 4 is 31.5 Å². The molecular formula is C10H14N2O6S2. The maximum Gasteiger partial charge on any atom is 0.236 e. The van der Waals surface area contributed by atoms with Crippen molar-refractivity contribution in [1.29, 1.82) is 0 Å². The van der Waals surface area contributed by atoms with E-state index in [1.54, 1.807) is 0 Å². The van der Waals surface area contributed by atoms with E-state index in [0.29, 0.717) is 5.41 Å². The summed E-state index contributed by atoms with van der Waals surface area (Å²) >= 11 is 0. The lowest BCUT2D eigenvalue weighted by atomic mass is 10.3. The Kier molecular flexibility index (Phi) is 5.06. The predicted octanol–water partition coefficient (Wildman–Crippen LogP) is -1.91. The maximum atomic E-state index is 11.4. The summed E-state index contributed by atoms with van der Waals surface area (Å²) in [5, 5.41) is 6.23. The maximum absolute atomic E-state index is 11.4. The Morgan fingerprint density at radius 3 is 2.80 bits per heavy atom. The highest BCUT2D eigenvalue weighted by atomic mass is 32.2. The molecule has 0 radical (unpaired) electrons. The number of nitrogens with one attached hydrogen (secondary N) is 2. The summed E-state index contributed by atoms with van der Waals surface area (Å²) in [5.74, 6) is -2.86. The van der Waals surface area contributed by atoms with Crippen molar-refractivity contribution in [3.8, 4) is 0 Å². The minimum Gasteiger partial charge on any atom is -0.353 e. The molecule has 0 spiro atoms. The first kappa shape index (κ1) is 16.4. The van der Waals surface area contributed by atoms with E-state index in [0.717, 1.165) is 5.41 Å². The number of hydrogen-bond acceptors (Lipinski definition) is 6. The fraction of sp³-hybridized carbons (Fsp3) is 0.400. The fourth-order valence-corrected chi connectivity index (χ4v) is 2.94. The average Bonchev–Trinajstić information content (AvgIpc) is 2.44. The standard InChI is InChI=1S/C10H14N2O6S2/c1-2-19(15,16)6-9(13)11-5-8-3-4-20(17,18)7-10(14)12-8/h2-4,8H,1,5-7H2,(H,11,13)(H,12,14). The summed E-state index contributed by atoms with van der Waals surface area (Å²) in [6.45, 7) is 2.96. The zero-order valence-corrected chi connectivity index (χ0v) is 12.0. The molecule has 1 atom stereocenters. The van der Waals surface area contributed by atoms with Crippen LogP contribution >= 0.6 is 0 Å². The smallest absolute Gasteiger partial charge is 0.236 e. The molecule has 1 unspecified atom stereocenters. The molecule has 0 bridgehead atoms. The largest absolute Gasteiger partial charge is 0.353 e. The van der Waals surface area contributed by atoms with Gasteiger partial charge in [0, 0.05) is 17.4 Å².